The minimum Gasteiger partial charge on any atom is -0.309 e. The van der Waals surface area contributed by atoms with Crippen molar-refractivity contribution in [1.29, 1.82) is 0 Å². The van der Waals surface area contributed by atoms with E-state index in [0.717, 1.165) is 0 Å². The highest BCUT2D eigenvalue weighted by molar-refractivity contribution is 6.24. The summed E-state index contributed by atoms with van der Waals surface area (Å²) >= 11 is 0. The monoisotopic (exact) mass is 773 g/mol. The zero-order valence-corrected chi connectivity index (χ0v) is 33.0. The molecule has 0 aliphatic carbocycles. The first-order chi connectivity index (χ1) is 30.2. The first-order valence-corrected chi connectivity index (χ1v) is 21.1. The number of nitrogens with zero attached hydrogens (tertiary/aromatic N) is 3. The van der Waals surface area contributed by atoms with E-state index in [1.807, 2.05) is 0 Å². The zero-order valence-electron chi connectivity index (χ0n) is 33.0. The fourth-order valence-electron chi connectivity index (χ4n) is 10.6. The highest BCUT2D eigenvalue weighted by atomic mass is 15.0. The van der Waals surface area contributed by atoms with Gasteiger partial charge in [-0.05, 0) is 118 Å². The van der Waals surface area contributed by atoms with Crippen molar-refractivity contribution >= 4 is 92.5 Å². The molecule has 0 aliphatic heterocycles. The van der Waals surface area contributed by atoms with Gasteiger partial charge in [0, 0.05) is 54.5 Å². The first-order valence-electron chi connectivity index (χ1n) is 21.1. The summed E-state index contributed by atoms with van der Waals surface area (Å²) in [7, 11) is 0. The van der Waals surface area contributed by atoms with E-state index in [9.17, 15) is 0 Å². The van der Waals surface area contributed by atoms with Gasteiger partial charge in [-0.3, -0.25) is 0 Å². The molecule has 61 heavy (non-hydrogen) atoms. The molecule has 0 N–H and O–H groups in total. The van der Waals surface area contributed by atoms with Gasteiger partial charge in [0.05, 0.1) is 38.6 Å². The van der Waals surface area contributed by atoms with Crippen LogP contribution >= 0.6 is 0 Å². The van der Waals surface area contributed by atoms with Crippen LogP contribution in [0.1, 0.15) is 0 Å². The van der Waals surface area contributed by atoms with Crippen molar-refractivity contribution in [3.63, 3.8) is 0 Å². The summed E-state index contributed by atoms with van der Waals surface area (Å²) in [6.07, 6.45) is 0. The van der Waals surface area contributed by atoms with Crippen LogP contribution in [0.4, 0.5) is 0 Å². The number of aromatic nitrogens is 3. The number of rotatable bonds is 4. The average molecular weight is 774 g/mol. The number of benzene rings is 10. The van der Waals surface area contributed by atoms with E-state index in [1.165, 1.54) is 126 Å². The molecule has 0 saturated heterocycles. The summed E-state index contributed by atoms with van der Waals surface area (Å²) in [6, 6.07) is 78.5. The summed E-state index contributed by atoms with van der Waals surface area (Å²) in [5.41, 5.74) is 15.9. The van der Waals surface area contributed by atoms with Crippen molar-refractivity contribution < 1.29 is 0 Å². The molecule has 0 saturated carbocycles. The van der Waals surface area contributed by atoms with Crippen LogP contribution in [0.15, 0.2) is 212 Å². The van der Waals surface area contributed by atoms with Gasteiger partial charge in [-0.1, -0.05) is 127 Å². The lowest BCUT2D eigenvalue weighted by Gasteiger charge is -2.11. The third-order valence-electron chi connectivity index (χ3n) is 13.3. The van der Waals surface area contributed by atoms with Crippen LogP contribution in [0.3, 0.4) is 0 Å². The lowest BCUT2D eigenvalue weighted by molar-refractivity contribution is 1.18. The van der Waals surface area contributed by atoms with Crippen LogP contribution in [-0.2, 0) is 0 Å². The van der Waals surface area contributed by atoms with Crippen molar-refractivity contribution in [1.82, 2.24) is 13.5 Å². The van der Waals surface area contributed by atoms with E-state index in [4.69, 9.17) is 0 Å². The highest BCUT2D eigenvalue weighted by Gasteiger charge is 2.21. The van der Waals surface area contributed by atoms with Crippen molar-refractivity contribution in [3.8, 4) is 33.6 Å². The van der Waals surface area contributed by atoms with Gasteiger partial charge in [-0.25, -0.2) is 0 Å². The van der Waals surface area contributed by atoms with Gasteiger partial charge in [-0.2, -0.15) is 0 Å². The largest absolute Gasteiger partial charge is 0.309 e. The lowest BCUT2D eigenvalue weighted by Crippen LogP contribution is -1.94. The zero-order chi connectivity index (χ0) is 39.8. The van der Waals surface area contributed by atoms with Gasteiger partial charge < -0.3 is 13.5 Å². The molecule has 0 radical (unpaired) electrons. The molecule has 0 atom stereocenters. The van der Waals surface area contributed by atoms with Crippen LogP contribution in [0, 0.1) is 0 Å². The van der Waals surface area contributed by atoms with E-state index in [2.05, 4.69) is 226 Å². The Morgan fingerprint density at radius 2 is 0.607 bits per heavy atom. The minimum atomic E-state index is 1.18. The van der Waals surface area contributed by atoms with Gasteiger partial charge >= 0.3 is 0 Å². The van der Waals surface area contributed by atoms with E-state index < -0.39 is 0 Å². The molecule has 0 amide bonds. The number of fused-ring (bicyclic) bond motifs is 13. The molecule has 0 bridgehead atoms. The SMILES string of the molecule is c1ccc(-n2c3ccccc3c3cc(-c4ccc5cc(-c6ccc7c(c6)c6ccccc6n7-c6cc7c8ccccc8n8c9ccccc9c(c6)c78)ccc5c4)ccc32)cc1. The fraction of sp³-hybridized carbons (Fsp3) is 0. The predicted octanol–water partition coefficient (Wildman–Crippen LogP) is 15.5. The maximum Gasteiger partial charge on any atom is 0.0622 e. The molecule has 3 heteroatoms. The molecule has 14 rings (SSSR count). The Morgan fingerprint density at radius 3 is 1.11 bits per heavy atom. The standard InChI is InChI=1S/C58H35N3/c1-2-12-42(13-3-1)59-52-18-8-4-14-44(52)48-32-40(26-28-56(48)59)38-24-22-37-31-39(25-23-36(37)30-38)41-27-29-57-49(33-41)45-15-5-9-19-53(45)60(57)43-34-50-46-16-6-10-20-54(46)61-55-21-11-7-17-47(55)51(35-43)58(50)61/h1-35H. The fourth-order valence-corrected chi connectivity index (χ4v) is 10.6. The molecular weight excluding hydrogens is 739 g/mol. The first kappa shape index (κ1) is 32.8. The molecule has 0 fully saturated rings. The maximum atomic E-state index is 2.47. The second-order valence-electron chi connectivity index (χ2n) is 16.5. The molecule has 3 nitrogen and oxygen atoms in total. The van der Waals surface area contributed by atoms with Crippen molar-refractivity contribution in [2.24, 2.45) is 0 Å². The van der Waals surface area contributed by atoms with E-state index in [1.54, 1.807) is 0 Å². The minimum absolute atomic E-state index is 1.18. The van der Waals surface area contributed by atoms with E-state index in [-0.39, 0.29) is 0 Å². The van der Waals surface area contributed by atoms with Crippen LogP contribution < -0.4 is 0 Å². The van der Waals surface area contributed by atoms with Crippen molar-refractivity contribution in [2.75, 3.05) is 0 Å². The van der Waals surface area contributed by atoms with Gasteiger partial charge in [0.15, 0.2) is 0 Å². The Balaban J connectivity index is 0.880. The molecule has 4 heterocycles. The number of hydrogen-bond acceptors (Lipinski definition) is 0. The molecule has 4 aromatic heterocycles. The second kappa shape index (κ2) is 12.2. The molecule has 10 aromatic carbocycles. The Bertz CT molecular complexity index is 4020. The topological polar surface area (TPSA) is 14.3 Å². The summed E-state index contributed by atoms with van der Waals surface area (Å²) < 4.78 is 7.29. The molecule has 282 valence electrons. The van der Waals surface area contributed by atoms with Gasteiger partial charge in [0.25, 0.3) is 0 Å². The smallest absolute Gasteiger partial charge is 0.0622 e. The normalized spacial score (nSPS) is 12.3. The van der Waals surface area contributed by atoms with Crippen LogP contribution in [-0.4, -0.2) is 13.5 Å². The Labute approximate surface area is 350 Å². The quantitative estimate of drug-likeness (QED) is 0.169. The number of hydrogen-bond donors (Lipinski definition) is 0. The van der Waals surface area contributed by atoms with Crippen LogP contribution in [0.25, 0.3) is 126 Å². The van der Waals surface area contributed by atoms with E-state index >= 15 is 0 Å². The molecule has 0 unspecified atom stereocenters. The predicted molar refractivity (Wildman–Crippen MR) is 258 cm³/mol. The summed E-state index contributed by atoms with van der Waals surface area (Å²) in [4.78, 5) is 0. The van der Waals surface area contributed by atoms with E-state index in [0.29, 0.717) is 0 Å². The second-order valence-corrected chi connectivity index (χ2v) is 16.5. The average Bonchev–Trinajstić information content (AvgIpc) is 4.05. The summed E-state index contributed by atoms with van der Waals surface area (Å²) in [6.45, 7) is 0. The van der Waals surface area contributed by atoms with Crippen LogP contribution in [0.2, 0.25) is 0 Å². The summed E-state index contributed by atoms with van der Waals surface area (Å²) in [5.74, 6) is 0. The number of para-hydroxylation sites is 5. The summed E-state index contributed by atoms with van der Waals surface area (Å²) in [5, 5.41) is 12.7. The Kier molecular flexibility index (Phi) is 6.56. The van der Waals surface area contributed by atoms with Crippen LogP contribution in [0.5, 0.6) is 0 Å². The van der Waals surface area contributed by atoms with Crippen molar-refractivity contribution in [2.45, 2.75) is 0 Å². The maximum absolute atomic E-state index is 2.47. The molecule has 0 spiro atoms. The Hall–Kier alpha value is -8.14. The van der Waals surface area contributed by atoms with Gasteiger partial charge in [0.2, 0.25) is 0 Å². The van der Waals surface area contributed by atoms with Crippen molar-refractivity contribution in [3.05, 3.63) is 212 Å². The highest BCUT2D eigenvalue weighted by Crippen LogP contribution is 2.43. The molecule has 0 aliphatic rings. The van der Waals surface area contributed by atoms with Gasteiger partial charge in [-0.15, -0.1) is 0 Å². The third-order valence-corrected chi connectivity index (χ3v) is 13.3. The lowest BCUT2D eigenvalue weighted by atomic mass is 9.96. The Morgan fingerprint density at radius 1 is 0.230 bits per heavy atom. The molecular formula is C58H35N3. The third kappa shape index (κ3) is 4.58. The van der Waals surface area contributed by atoms with Gasteiger partial charge in [0.1, 0.15) is 0 Å². The molecule has 14 aromatic rings.